The van der Waals surface area contributed by atoms with Gasteiger partial charge in [-0.15, -0.1) is 11.3 Å². The van der Waals surface area contributed by atoms with E-state index in [9.17, 15) is 13.2 Å². The lowest BCUT2D eigenvalue weighted by molar-refractivity contribution is 0.102. The van der Waals surface area contributed by atoms with Crippen LogP contribution in [-0.2, 0) is 10.0 Å². The second-order valence-corrected chi connectivity index (χ2v) is 9.50. The van der Waals surface area contributed by atoms with Crippen molar-refractivity contribution in [2.45, 2.75) is 39.5 Å². The van der Waals surface area contributed by atoms with Crippen molar-refractivity contribution in [3.8, 4) is 0 Å². The summed E-state index contributed by atoms with van der Waals surface area (Å²) < 4.78 is 27.3. The lowest BCUT2D eigenvalue weighted by Crippen LogP contribution is -2.17. The molecule has 0 saturated heterocycles. The number of sulfonamides is 1. The molecule has 0 aliphatic carbocycles. The molecule has 2 N–H and O–H groups in total. The third-order valence-electron chi connectivity index (χ3n) is 5.30. The van der Waals surface area contributed by atoms with Crippen molar-refractivity contribution in [1.82, 2.24) is 4.98 Å². The average Bonchev–Trinajstić information content (AvgIpc) is 3.17. The summed E-state index contributed by atoms with van der Waals surface area (Å²) in [6, 6.07) is 6.06. The zero-order chi connectivity index (χ0) is 21.3. The van der Waals surface area contributed by atoms with E-state index in [0.717, 1.165) is 22.3 Å². The highest BCUT2D eigenvalue weighted by atomic mass is 32.2. The Morgan fingerprint density at radius 1 is 0.897 bits per heavy atom. The minimum Gasteiger partial charge on any atom is -0.322 e. The predicted octanol–water partition coefficient (Wildman–Crippen LogP) is 4.74. The van der Waals surface area contributed by atoms with Crippen molar-refractivity contribution in [1.29, 1.82) is 0 Å². The first kappa shape index (κ1) is 21.0. The van der Waals surface area contributed by atoms with E-state index < -0.39 is 10.0 Å². The summed E-state index contributed by atoms with van der Waals surface area (Å²) in [6.07, 6.45) is 1.53. The smallest absolute Gasteiger partial charge is 0.263 e. The minimum absolute atomic E-state index is 0.0973. The lowest BCUT2D eigenvalue weighted by atomic mass is 9.89. The summed E-state index contributed by atoms with van der Waals surface area (Å²) in [5.74, 6) is -0.206. The standard InChI is InChI=1S/C21H23N3O3S2/c1-12-13(2)15(4)19(16(5)14(12)3)20(25)23-17-6-8-18(9-7-17)29(26,27)24-21-22-10-11-28-21/h6-11H,1-5H3,(H,22,24)(H,23,25). The van der Waals surface area contributed by atoms with Gasteiger partial charge >= 0.3 is 0 Å². The number of hydrogen-bond donors (Lipinski definition) is 2. The molecule has 0 fully saturated rings. The molecule has 0 atom stereocenters. The largest absolute Gasteiger partial charge is 0.322 e. The molecular weight excluding hydrogens is 406 g/mol. The van der Waals surface area contributed by atoms with Crippen LogP contribution in [0.3, 0.4) is 0 Å². The van der Waals surface area contributed by atoms with E-state index in [1.54, 1.807) is 17.5 Å². The number of thiazole rings is 1. The third kappa shape index (κ3) is 4.18. The molecule has 3 aromatic rings. The summed E-state index contributed by atoms with van der Waals surface area (Å²) in [6.45, 7) is 9.99. The highest BCUT2D eigenvalue weighted by molar-refractivity contribution is 7.93. The van der Waals surface area contributed by atoms with Crippen molar-refractivity contribution < 1.29 is 13.2 Å². The van der Waals surface area contributed by atoms with Crippen molar-refractivity contribution in [2.75, 3.05) is 10.0 Å². The van der Waals surface area contributed by atoms with E-state index in [1.807, 2.05) is 27.7 Å². The highest BCUT2D eigenvalue weighted by Crippen LogP contribution is 2.27. The Kier molecular flexibility index (Phi) is 5.77. The summed E-state index contributed by atoms with van der Waals surface area (Å²) in [5, 5.41) is 4.87. The first-order valence-corrected chi connectivity index (χ1v) is 11.4. The molecule has 0 aliphatic heterocycles. The molecule has 29 heavy (non-hydrogen) atoms. The molecule has 1 heterocycles. The Labute approximate surface area is 175 Å². The Morgan fingerprint density at radius 2 is 1.45 bits per heavy atom. The molecule has 0 bridgehead atoms. The molecule has 0 unspecified atom stereocenters. The van der Waals surface area contributed by atoms with Gasteiger partial charge in [-0.25, -0.2) is 13.4 Å². The Morgan fingerprint density at radius 3 is 1.97 bits per heavy atom. The number of nitrogens with one attached hydrogen (secondary N) is 2. The van der Waals surface area contributed by atoms with Gasteiger partial charge in [0.1, 0.15) is 0 Å². The Bertz CT molecular complexity index is 1140. The van der Waals surface area contributed by atoms with Gasteiger partial charge in [0.2, 0.25) is 0 Å². The van der Waals surface area contributed by atoms with Gasteiger partial charge < -0.3 is 5.32 Å². The molecule has 3 rings (SSSR count). The normalized spacial score (nSPS) is 11.3. The first-order chi connectivity index (χ1) is 13.6. The molecule has 1 amide bonds. The van der Waals surface area contributed by atoms with E-state index in [4.69, 9.17) is 0 Å². The molecule has 8 heteroatoms. The second kappa shape index (κ2) is 7.96. The molecule has 0 aliphatic rings. The molecule has 0 saturated carbocycles. The number of benzene rings is 2. The van der Waals surface area contributed by atoms with Gasteiger partial charge in [-0.05, 0) is 86.7 Å². The summed E-state index contributed by atoms with van der Waals surface area (Å²) in [7, 11) is -3.72. The predicted molar refractivity (Wildman–Crippen MR) is 117 cm³/mol. The molecule has 0 spiro atoms. The molecule has 6 nitrogen and oxygen atoms in total. The topological polar surface area (TPSA) is 88.2 Å². The molecule has 152 valence electrons. The number of aromatic nitrogens is 1. The molecule has 0 radical (unpaired) electrons. The molecule has 2 aromatic carbocycles. The second-order valence-electron chi connectivity index (χ2n) is 6.92. The quantitative estimate of drug-likeness (QED) is 0.613. The van der Waals surface area contributed by atoms with Gasteiger partial charge in [0.05, 0.1) is 4.90 Å². The van der Waals surface area contributed by atoms with E-state index in [2.05, 4.69) is 21.9 Å². The number of carbonyl (C=O) groups excluding carboxylic acids is 1. The van der Waals surface area contributed by atoms with Crippen molar-refractivity contribution in [2.24, 2.45) is 0 Å². The highest BCUT2D eigenvalue weighted by Gasteiger charge is 2.19. The van der Waals surface area contributed by atoms with Crippen LogP contribution in [0.5, 0.6) is 0 Å². The molecule has 1 aromatic heterocycles. The number of hydrogen-bond acceptors (Lipinski definition) is 5. The first-order valence-electron chi connectivity index (χ1n) is 9.02. The van der Waals surface area contributed by atoms with Crippen LogP contribution in [-0.4, -0.2) is 19.3 Å². The van der Waals surface area contributed by atoms with Crippen molar-refractivity contribution in [3.05, 3.63) is 69.2 Å². The van der Waals surface area contributed by atoms with Gasteiger partial charge in [0, 0.05) is 22.8 Å². The third-order valence-corrected chi connectivity index (χ3v) is 7.48. The van der Waals surface area contributed by atoms with Crippen LogP contribution in [0.4, 0.5) is 10.8 Å². The van der Waals surface area contributed by atoms with E-state index in [1.165, 1.54) is 35.2 Å². The van der Waals surface area contributed by atoms with E-state index >= 15 is 0 Å². The molecular formula is C21H23N3O3S2. The number of amides is 1. The van der Waals surface area contributed by atoms with Gasteiger partial charge in [-0.2, -0.15) is 0 Å². The van der Waals surface area contributed by atoms with Crippen molar-refractivity contribution >= 4 is 38.1 Å². The summed E-state index contributed by atoms with van der Waals surface area (Å²) >= 11 is 1.20. The van der Waals surface area contributed by atoms with Gasteiger partial charge in [0.15, 0.2) is 5.13 Å². The fourth-order valence-electron chi connectivity index (χ4n) is 3.20. The monoisotopic (exact) mass is 429 g/mol. The van der Waals surface area contributed by atoms with Crippen LogP contribution in [0, 0.1) is 34.6 Å². The lowest BCUT2D eigenvalue weighted by Gasteiger charge is -2.18. The van der Waals surface area contributed by atoms with Gasteiger partial charge in [-0.1, -0.05) is 0 Å². The van der Waals surface area contributed by atoms with Crippen LogP contribution in [0.15, 0.2) is 40.7 Å². The minimum atomic E-state index is -3.72. The van der Waals surface area contributed by atoms with Gasteiger partial charge in [-0.3, -0.25) is 9.52 Å². The van der Waals surface area contributed by atoms with E-state index in [0.29, 0.717) is 16.4 Å². The zero-order valence-electron chi connectivity index (χ0n) is 17.0. The van der Waals surface area contributed by atoms with Gasteiger partial charge in [0.25, 0.3) is 15.9 Å². The maximum absolute atomic E-state index is 12.9. The van der Waals surface area contributed by atoms with Crippen LogP contribution < -0.4 is 10.0 Å². The van der Waals surface area contributed by atoms with Crippen LogP contribution in [0.1, 0.15) is 38.2 Å². The maximum Gasteiger partial charge on any atom is 0.263 e. The number of rotatable bonds is 5. The fraction of sp³-hybridized carbons (Fsp3) is 0.238. The van der Waals surface area contributed by atoms with Crippen LogP contribution in [0.25, 0.3) is 0 Å². The van der Waals surface area contributed by atoms with Crippen LogP contribution in [0.2, 0.25) is 0 Å². The fourth-order valence-corrected chi connectivity index (χ4v) is 4.99. The number of carbonyl (C=O) groups is 1. The van der Waals surface area contributed by atoms with E-state index in [-0.39, 0.29) is 10.8 Å². The number of anilines is 2. The van der Waals surface area contributed by atoms with Crippen LogP contribution >= 0.6 is 11.3 Å². The SMILES string of the molecule is Cc1c(C)c(C)c(C(=O)Nc2ccc(S(=O)(=O)Nc3nccs3)cc2)c(C)c1C. The zero-order valence-corrected chi connectivity index (χ0v) is 18.6. The Balaban J connectivity index is 1.83. The Hall–Kier alpha value is -2.71. The average molecular weight is 430 g/mol. The summed E-state index contributed by atoms with van der Waals surface area (Å²) in [4.78, 5) is 16.9. The maximum atomic E-state index is 12.9. The number of nitrogens with zero attached hydrogens (tertiary/aromatic N) is 1. The summed E-state index contributed by atoms with van der Waals surface area (Å²) in [5.41, 5.74) is 6.50. The van der Waals surface area contributed by atoms with Crippen molar-refractivity contribution in [3.63, 3.8) is 0 Å².